The highest BCUT2D eigenvalue weighted by Crippen LogP contribution is 2.24. The maximum atomic E-state index is 11.6. The molecular formula is C25H31BrO6. The summed E-state index contributed by atoms with van der Waals surface area (Å²) in [7, 11) is 1.35. The first-order valence-corrected chi connectivity index (χ1v) is 12.0. The second kappa shape index (κ2) is 14.5. The molecule has 2 aromatic carbocycles. The summed E-state index contributed by atoms with van der Waals surface area (Å²) in [4.78, 5) is 22.5. The Morgan fingerprint density at radius 1 is 1.00 bits per heavy atom. The first-order valence-electron chi connectivity index (χ1n) is 10.9. The zero-order valence-electron chi connectivity index (χ0n) is 18.4. The lowest BCUT2D eigenvalue weighted by Gasteiger charge is -2.20. The van der Waals surface area contributed by atoms with Crippen LogP contribution in [-0.2, 0) is 16.0 Å². The molecule has 0 aliphatic heterocycles. The maximum absolute atomic E-state index is 11.6. The molecule has 0 saturated heterocycles. The van der Waals surface area contributed by atoms with E-state index in [1.165, 1.54) is 7.11 Å². The second-order valence-electron chi connectivity index (χ2n) is 7.43. The summed E-state index contributed by atoms with van der Waals surface area (Å²) in [5.74, 6) is 0.386. The van der Waals surface area contributed by atoms with Gasteiger partial charge in [-0.15, -0.1) is 0 Å². The van der Waals surface area contributed by atoms with E-state index in [0.717, 1.165) is 48.7 Å². The lowest BCUT2D eigenvalue weighted by atomic mass is 10.0. The van der Waals surface area contributed by atoms with Gasteiger partial charge in [0.05, 0.1) is 25.4 Å². The van der Waals surface area contributed by atoms with Gasteiger partial charge in [-0.1, -0.05) is 34.1 Å². The number of carboxylic acid groups (broad SMARTS) is 1. The molecule has 2 rings (SSSR count). The molecule has 7 heteroatoms. The summed E-state index contributed by atoms with van der Waals surface area (Å²) in [6.45, 7) is 0.657. The van der Waals surface area contributed by atoms with E-state index in [4.69, 9.17) is 19.3 Å². The molecular weight excluding hydrogens is 476 g/mol. The lowest BCUT2D eigenvalue weighted by Crippen LogP contribution is -2.18. The molecule has 32 heavy (non-hydrogen) atoms. The number of hydrogen-bond acceptors (Lipinski definition) is 5. The van der Waals surface area contributed by atoms with Gasteiger partial charge in [0.15, 0.2) is 0 Å². The average molecular weight is 507 g/mol. The summed E-state index contributed by atoms with van der Waals surface area (Å²) < 4.78 is 16.9. The number of ether oxygens (including phenoxy) is 3. The van der Waals surface area contributed by atoms with Gasteiger partial charge >= 0.3 is 11.9 Å². The molecule has 0 heterocycles. The number of carbonyl (C=O) groups is 2. The summed E-state index contributed by atoms with van der Waals surface area (Å²) in [5.41, 5.74) is 1.59. The maximum Gasteiger partial charge on any atom is 0.337 e. The Labute approximate surface area is 198 Å². The number of rotatable bonds is 15. The quantitative estimate of drug-likeness (QED) is 0.190. The summed E-state index contributed by atoms with van der Waals surface area (Å²) in [5, 5.41) is 9.79. The Balaban J connectivity index is 2.02. The minimum atomic E-state index is -0.782. The number of esters is 1. The smallest absolute Gasteiger partial charge is 0.337 e. The highest BCUT2D eigenvalue weighted by Gasteiger charge is 2.14. The molecule has 0 fully saturated rings. The molecule has 0 bridgehead atoms. The van der Waals surface area contributed by atoms with Crippen molar-refractivity contribution in [3.8, 4) is 11.5 Å². The van der Waals surface area contributed by atoms with Crippen LogP contribution < -0.4 is 9.47 Å². The first kappa shape index (κ1) is 25.7. The normalized spacial score (nSPS) is 11.6. The fourth-order valence-electron chi connectivity index (χ4n) is 3.29. The molecule has 0 aliphatic rings. The topological polar surface area (TPSA) is 82.1 Å². The number of carbonyl (C=O) groups excluding carboxylic acids is 1. The minimum Gasteiger partial charge on any atom is -0.493 e. The van der Waals surface area contributed by atoms with Gasteiger partial charge in [0, 0.05) is 11.8 Å². The van der Waals surface area contributed by atoms with Gasteiger partial charge in [0.25, 0.3) is 0 Å². The standard InChI is InChI=1S/C25H31BrO6/c1-30-25(29)20-12-15-22(16-13-20)32-21(8-3-5-10-24(27)28)14-11-19-7-2-4-9-23(19)31-18-6-17-26/h2,4,7,9,12-13,15-16,21H,3,5-6,8,10-11,14,17-18H2,1H3,(H,27,28). The van der Waals surface area contributed by atoms with E-state index in [1.807, 2.05) is 18.2 Å². The van der Waals surface area contributed by atoms with Crippen LogP contribution >= 0.6 is 15.9 Å². The van der Waals surface area contributed by atoms with Crippen LogP contribution in [0.2, 0.25) is 0 Å². The van der Waals surface area contributed by atoms with Gasteiger partial charge in [-0.25, -0.2) is 4.79 Å². The van der Waals surface area contributed by atoms with Gasteiger partial charge < -0.3 is 19.3 Å². The molecule has 0 radical (unpaired) electrons. The van der Waals surface area contributed by atoms with Crippen LogP contribution in [0.15, 0.2) is 48.5 Å². The number of hydrogen-bond donors (Lipinski definition) is 1. The van der Waals surface area contributed by atoms with Crippen molar-refractivity contribution in [2.24, 2.45) is 0 Å². The van der Waals surface area contributed by atoms with E-state index >= 15 is 0 Å². The molecule has 0 amide bonds. The SMILES string of the molecule is COC(=O)c1ccc(OC(CCCCC(=O)O)CCc2ccccc2OCCCBr)cc1. The Bertz CT molecular complexity index is 837. The summed E-state index contributed by atoms with van der Waals surface area (Å²) >= 11 is 3.42. The van der Waals surface area contributed by atoms with E-state index in [2.05, 4.69) is 22.0 Å². The van der Waals surface area contributed by atoms with Crippen LogP contribution in [0.1, 0.15) is 54.4 Å². The third-order valence-corrected chi connectivity index (χ3v) is 5.55. The van der Waals surface area contributed by atoms with Gasteiger partial charge in [-0.3, -0.25) is 4.79 Å². The molecule has 0 aliphatic carbocycles. The molecule has 1 unspecified atom stereocenters. The van der Waals surface area contributed by atoms with Crippen LogP contribution in [0, 0.1) is 0 Å². The van der Waals surface area contributed by atoms with Crippen molar-refractivity contribution < 1.29 is 28.9 Å². The third kappa shape index (κ3) is 9.30. The van der Waals surface area contributed by atoms with Gasteiger partial charge in [0.1, 0.15) is 11.5 Å². The largest absolute Gasteiger partial charge is 0.493 e. The highest BCUT2D eigenvalue weighted by molar-refractivity contribution is 9.09. The molecule has 1 atom stereocenters. The zero-order chi connectivity index (χ0) is 23.2. The van der Waals surface area contributed by atoms with E-state index < -0.39 is 11.9 Å². The Kier molecular flexibility index (Phi) is 11.7. The van der Waals surface area contributed by atoms with Crippen LogP contribution in [0.4, 0.5) is 0 Å². The third-order valence-electron chi connectivity index (χ3n) is 4.99. The zero-order valence-corrected chi connectivity index (χ0v) is 20.0. The number of benzene rings is 2. The molecule has 0 aromatic heterocycles. The van der Waals surface area contributed by atoms with E-state index in [1.54, 1.807) is 24.3 Å². The van der Waals surface area contributed by atoms with Crippen molar-refractivity contribution >= 4 is 27.9 Å². The monoisotopic (exact) mass is 506 g/mol. The van der Waals surface area contributed by atoms with Crippen molar-refractivity contribution in [3.63, 3.8) is 0 Å². The van der Waals surface area contributed by atoms with Crippen LogP contribution in [-0.4, -0.2) is 42.2 Å². The molecule has 174 valence electrons. The lowest BCUT2D eigenvalue weighted by molar-refractivity contribution is -0.137. The van der Waals surface area contributed by atoms with Crippen molar-refractivity contribution in [1.82, 2.24) is 0 Å². The summed E-state index contributed by atoms with van der Waals surface area (Å²) in [6.07, 6.45) is 4.69. The van der Waals surface area contributed by atoms with Crippen molar-refractivity contribution in [2.75, 3.05) is 19.0 Å². The van der Waals surface area contributed by atoms with E-state index in [0.29, 0.717) is 24.3 Å². The Morgan fingerprint density at radius 2 is 1.75 bits per heavy atom. The van der Waals surface area contributed by atoms with Gasteiger partial charge in [0.2, 0.25) is 0 Å². The van der Waals surface area contributed by atoms with Crippen molar-refractivity contribution in [2.45, 2.75) is 51.0 Å². The van der Waals surface area contributed by atoms with Crippen LogP contribution in [0.3, 0.4) is 0 Å². The summed E-state index contributed by atoms with van der Waals surface area (Å²) in [6, 6.07) is 14.9. The second-order valence-corrected chi connectivity index (χ2v) is 8.23. The van der Waals surface area contributed by atoms with Gasteiger partial charge in [-0.05, 0) is 74.4 Å². The number of methoxy groups -OCH3 is 1. The molecule has 0 spiro atoms. The Morgan fingerprint density at radius 3 is 2.44 bits per heavy atom. The molecule has 1 N–H and O–H groups in total. The number of aliphatic carboxylic acids is 1. The Hall–Kier alpha value is -2.54. The van der Waals surface area contributed by atoms with E-state index in [9.17, 15) is 9.59 Å². The first-order chi connectivity index (χ1) is 15.5. The number of alkyl halides is 1. The molecule has 0 saturated carbocycles. The number of carboxylic acids is 1. The predicted molar refractivity (Wildman–Crippen MR) is 127 cm³/mol. The van der Waals surface area contributed by atoms with Crippen molar-refractivity contribution in [1.29, 1.82) is 0 Å². The number of unbranched alkanes of at least 4 members (excludes halogenated alkanes) is 1. The fraction of sp³-hybridized carbons (Fsp3) is 0.440. The van der Waals surface area contributed by atoms with E-state index in [-0.39, 0.29) is 12.5 Å². The fourth-order valence-corrected chi connectivity index (χ4v) is 3.52. The predicted octanol–water partition coefficient (Wildman–Crippen LogP) is 5.66. The van der Waals surface area contributed by atoms with Crippen molar-refractivity contribution in [3.05, 3.63) is 59.7 Å². The minimum absolute atomic E-state index is 0.0802. The molecule has 6 nitrogen and oxygen atoms in total. The average Bonchev–Trinajstić information content (AvgIpc) is 2.80. The molecule has 2 aromatic rings. The highest BCUT2D eigenvalue weighted by atomic mass is 79.9. The van der Waals surface area contributed by atoms with Gasteiger partial charge in [-0.2, -0.15) is 0 Å². The van der Waals surface area contributed by atoms with Crippen LogP contribution in [0.25, 0.3) is 0 Å². The number of halogens is 1. The van der Waals surface area contributed by atoms with Crippen LogP contribution in [0.5, 0.6) is 11.5 Å². The number of para-hydroxylation sites is 1. The number of aryl methyl sites for hydroxylation is 1.